The molecule has 0 fully saturated rings. The second-order valence-corrected chi connectivity index (χ2v) is 5.73. The van der Waals surface area contributed by atoms with Crippen LogP contribution in [0.25, 0.3) is 0 Å². The topological polar surface area (TPSA) is 0 Å². The third kappa shape index (κ3) is 17.2. The molecule has 0 heteroatoms. The first kappa shape index (κ1) is 20.5. The van der Waals surface area contributed by atoms with Crippen LogP contribution in [-0.2, 0) is 0 Å². The van der Waals surface area contributed by atoms with E-state index in [9.17, 15) is 0 Å². The van der Waals surface area contributed by atoms with Crippen molar-refractivity contribution in [3.05, 3.63) is 35.5 Å². The van der Waals surface area contributed by atoms with Crippen LogP contribution in [0.4, 0.5) is 0 Å². The first-order valence-corrected chi connectivity index (χ1v) is 7.85. The van der Waals surface area contributed by atoms with Gasteiger partial charge in [0.25, 0.3) is 0 Å². The van der Waals surface area contributed by atoms with Crippen molar-refractivity contribution in [2.45, 2.75) is 80.6 Å². The highest BCUT2D eigenvalue weighted by molar-refractivity contribution is 5.08. The molecule has 0 heterocycles. The Kier molecular flexibility index (Phi) is 14.8. The maximum absolute atomic E-state index is 3.95. The van der Waals surface area contributed by atoms with E-state index in [2.05, 4.69) is 53.3 Å². The highest BCUT2D eigenvalue weighted by atomic mass is 14.1. The second-order valence-electron chi connectivity index (χ2n) is 5.73. The SMILES string of the molecule is C=C(C)C/C(C)=C\CCC(C)CCC=C(C)C.CC. The van der Waals surface area contributed by atoms with Crippen LogP contribution in [0.15, 0.2) is 35.5 Å². The fourth-order valence-electron chi connectivity index (χ4n) is 1.96. The molecular formula is C19H36. The van der Waals surface area contributed by atoms with Gasteiger partial charge in [0, 0.05) is 0 Å². The average molecular weight is 264 g/mol. The van der Waals surface area contributed by atoms with Crippen LogP contribution >= 0.6 is 0 Å². The van der Waals surface area contributed by atoms with Crippen LogP contribution in [-0.4, -0.2) is 0 Å². The van der Waals surface area contributed by atoms with Crippen molar-refractivity contribution in [2.24, 2.45) is 5.92 Å². The molecule has 0 rings (SSSR count). The van der Waals surface area contributed by atoms with E-state index in [-0.39, 0.29) is 0 Å². The minimum absolute atomic E-state index is 0.833. The molecule has 0 bridgehead atoms. The zero-order chi connectivity index (χ0) is 15.3. The molecule has 0 saturated carbocycles. The molecule has 0 amide bonds. The van der Waals surface area contributed by atoms with E-state index in [0.29, 0.717) is 0 Å². The summed E-state index contributed by atoms with van der Waals surface area (Å²) in [6.45, 7) is 19.0. The summed E-state index contributed by atoms with van der Waals surface area (Å²) in [4.78, 5) is 0. The molecule has 0 spiro atoms. The Morgan fingerprint density at radius 2 is 1.42 bits per heavy atom. The van der Waals surface area contributed by atoms with Gasteiger partial charge in [-0.2, -0.15) is 0 Å². The minimum Gasteiger partial charge on any atom is -0.0998 e. The van der Waals surface area contributed by atoms with E-state index in [0.717, 1.165) is 12.3 Å². The molecule has 0 aliphatic carbocycles. The first-order valence-electron chi connectivity index (χ1n) is 7.85. The zero-order valence-corrected chi connectivity index (χ0v) is 14.5. The predicted octanol–water partition coefficient (Wildman–Crippen LogP) is 7.09. The molecule has 0 aromatic carbocycles. The molecule has 1 unspecified atom stereocenters. The highest BCUT2D eigenvalue weighted by Gasteiger charge is 2.00. The third-order valence-corrected chi connectivity index (χ3v) is 2.94. The van der Waals surface area contributed by atoms with Gasteiger partial charge in [0.1, 0.15) is 0 Å². The van der Waals surface area contributed by atoms with Gasteiger partial charge in [-0.25, -0.2) is 0 Å². The van der Waals surface area contributed by atoms with Gasteiger partial charge in [-0.1, -0.05) is 56.2 Å². The molecule has 112 valence electrons. The number of allylic oxidation sites excluding steroid dienone is 5. The van der Waals surface area contributed by atoms with Gasteiger partial charge in [-0.15, -0.1) is 0 Å². The van der Waals surface area contributed by atoms with E-state index in [4.69, 9.17) is 0 Å². The van der Waals surface area contributed by atoms with Gasteiger partial charge in [-0.05, 0) is 65.7 Å². The van der Waals surface area contributed by atoms with Gasteiger partial charge in [0.15, 0.2) is 0 Å². The summed E-state index contributed by atoms with van der Waals surface area (Å²) in [7, 11) is 0. The van der Waals surface area contributed by atoms with E-state index in [1.54, 1.807) is 0 Å². The highest BCUT2D eigenvalue weighted by Crippen LogP contribution is 2.16. The Bertz CT molecular complexity index is 274. The molecule has 0 aromatic heterocycles. The Labute approximate surface area is 122 Å². The summed E-state index contributed by atoms with van der Waals surface area (Å²) in [6, 6.07) is 0. The lowest BCUT2D eigenvalue weighted by atomic mass is 9.98. The monoisotopic (exact) mass is 264 g/mol. The molecule has 0 aliphatic heterocycles. The zero-order valence-electron chi connectivity index (χ0n) is 14.5. The number of rotatable bonds is 8. The van der Waals surface area contributed by atoms with E-state index in [1.807, 2.05) is 13.8 Å². The molecule has 0 saturated heterocycles. The standard InChI is InChI=1S/C17H30.C2H6/c1-14(2)9-7-10-16(5)11-8-12-17(6)13-15(3)4;1-2/h9,12,16H,3,7-8,10-11,13H2,1-2,4-6H3;1-2H3/b17-12-;. The van der Waals surface area contributed by atoms with Crippen molar-refractivity contribution in [3.8, 4) is 0 Å². The molecule has 0 nitrogen and oxygen atoms in total. The fraction of sp³-hybridized carbons (Fsp3) is 0.684. The van der Waals surface area contributed by atoms with Crippen molar-refractivity contribution in [1.29, 1.82) is 0 Å². The molecule has 1 atom stereocenters. The van der Waals surface area contributed by atoms with Gasteiger partial charge < -0.3 is 0 Å². The van der Waals surface area contributed by atoms with Crippen molar-refractivity contribution >= 4 is 0 Å². The lowest BCUT2D eigenvalue weighted by Gasteiger charge is -2.08. The van der Waals surface area contributed by atoms with Gasteiger partial charge in [0.2, 0.25) is 0 Å². The largest absolute Gasteiger partial charge is 0.0998 e. The molecule has 0 radical (unpaired) electrons. The smallest absolute Gasteiger partial charge is 0.0117 e. The van der Waals surface area contributed by atoms with Gasteiger partial charge in [0.05, 0.1) is 0 Å². The summed E-state index contributed by atoms with van der Waals surface area (Å²) in [5.74, 6) is 0.833. The molecule has 0 N–H and O–H groups in total. The van der Waals surface area contributed by atoms with E-state index in [1.165, 1.54) is 42.4 Å². The van der Waals surface area contributed by atoms with Crippen molar-refractivity contribution < 1.29 is 0 Å². The number of hydrogen-bond donors (Lipinski definition) is 0. The Hall–Kier alpha value is -0.780. The molecule has 0 aromatic rings. The van der Waals surface area contributed by atoms with Crippen molar-refractivity contribution in [2.75, 3.05) is 0 Å². The van der Waals surface area contributed by atoms with E-state index >= 15 is 0 Å². The van der Waals surface area contributed by atoms with Crippen molar-refractivity contribution in [3.63, 3.8) is 0 Å². The lowest BCUT2D eigenvalue weighted by Crippen LogP contribution is -1.93. The molecule has 19 heavy (non-hydrogen) atoms. The Balaban J connectivity index is 0. The maximum Gasteiger partial charge on any atom is -0.0117 e. The summed E-state index contributed by atoms with van der Waals surface area (Å²) < 4.78 is 0. The molecule has 0 aliphatic rings. The van der Waals surface area contributed by atoms with Crippen LogP contribution < -0.4 is 0 Å². The van der Waals surface area contributed by atoms with Crippen LogP contribution in [0.3, 0.4) is 0 Å². The van der Waals surface area contributed by atoms with Crippen molar-refractivity contribution in [1.82, 2.24) is 0 Å². The third-order valence-electron chi connectivity index (χ3n) is 2.94. The van der Waals surface area contributed by atoms with E-state index < -0.39 is 0 Å². The van der Waals surface area contributed by atoms with Gasteiger partial charge in [-0.3, -0.25) is 0 Å². The minimum atomic E-state index is 0.833. The predicted molar refractivity (Wildman–Crippen MR) is 91.6 cm³/mol. The molecular weight excluding hydrogens is 228 g/mol. The summed E-state index contributed by atoms with van der Waals surface area (Å²) in [5, 5.41) is 0. The summed E-state index contributed by atoms with van der Waals surface area (Å²) in [6.07, 6.45) is 10.9. The van der Waals surface area contributed by atoms with Crippen LogP contribution in [0.1, 0.15) is 80.6 Å². The van der Waals surface area contributed by atoms with Crippen LogP contribution in [0.2, 0.25) is 0 Å². The average Bonchev–Trinajstić information content (AvgIpc) is 2.30. The summed E-state index contributed by atoms with van der Waals surface area (Å²) >= 11 is 0. The summed E-state index contributed by atoms with van der Waals surface area (Å²) in [5.41, 5.74) is 4.17. The quantitative estimate of drug-likeness (QED) is 0.410. The van der Waals surface area contributed by atoms with Gasteiger partial charge >= 0.3 is 0 Å². The first-order chi connectivity index (χ1) is 8.91. The van der Waals surface area contributed by atoms with Crippen LogP contribution in [0, 0.1) is 5.92 Å². The normalized spacial score (nSPS) is 12.3. The van der Waals surface area contributed by atoms with Crippen LogP contribution in [0.5, 0.6) is 0 Å². The Morgan fingerprint density at radius 3 is 1.84 bits per heavy atom. The number of hydrogen-bond acceptors (Lipinski definition) is 0. The lowest BCUT2D eigenvalue weighted by molar-refractivity contribution is 0.500. The fourth-order valence-corrected chi connectivity index (χ4v) is 1.96. The Morgan fingerprint density at radius 1 is 0.947 bits per heavy atom. The second kappa shape index (κ2) is 13.6. The maximum atomic E-state index is 3.95.